The monoisotopic (exact) mass is 223 g/mol. The van der Waals surface area contributed by atoms with Crippen LogP contribution in [0.5, 0.6) is 5.75 Å². The van der Waals surface area contributed by atoms with Gasteiger partial charge in [-0.2, -0.15) is 0 Å². The Labute approximate surface area is 97.2 Å². The average molecular weight is 223 g/mol. The van der Waals surface area contributed by atoms with Gasteiger partial charge in [-0.3, -0.25) is 0 Å². The lowest BCUT2D eigenvalue weighted by Crippen LogP contribution is -2.29. The van der Waals surface area contributed by atoms with E-state index in [2.05, 4.69) is 13.8 Å². The first-order valence-electron chi connectivity index (χ1n) is 5.62. The van der Waals surface area contributed by atoms with Crippen LogP contribution in [0.3, 0.4) is 0 Å². The predicted molar refractivity (Wildman–Crippen MR) is 65.4 cm³/mol. The lowest BCUT2D eigenvalue weighted by Gasteiger charge is -2.21. The Bertz CT molecular complexity index is 308. The molecule has 90 valence electrons. The maximum atomic E-state index is 10.0. The van der Waals surface area contributed by atoms with Crippen LogP contribution in [-0.2, 0) is 0 Å². The second kappa shape index (κ2) is 5.87. The van der Waals surface area contributed by atoms with Gasteiger partial charge >= 0.3 is 0 Å². The van der Waals surface area contributed by atoms with Gasteiger partial charge in [-0.05, 0) is 30.0 Å². The zero-order valence-electron chi connectivity index (χ0n) is 10.2. The fraction of sp³-hybridized carbons (Fsp3) is 0.538. The third-order valence-electron chi connectivity index (χ3n) is 2.61. The first kappa shape index (κ1) is 13.0. The third-order valence-corrected chi connectivity index (χ3v) is 2.61. The van der Waals surface area contributed by atoms with Crippen molar-refractivity contribution in [1.29, 1.82) is 0 Å². The molecular weight excluding hydrogens is 202 g/mol. The van der Waals surface area contributed by atoms with Crippen LogP contribution in [0.15, 0.2) is 24.3 Å². The molecule has 0 aliphatic carbocycles. The van der Waals surface area contributed by atoms with Crippen molar-refractivity contribution in [3.63, 3.8) is 0 Å². The van der Waals surface area contributed by atoms with Crippen LogP contribution in [0, 0.1) is 5.92 Å². The highest BCUT2D eigenvalue weighted by Gasteiger charge is 2.17. The molecule has 0 spiro atoms. The van der Waals surface area contributed by atoms with Crippen LogP contribution in [0.1, 0.15) is 31.9 Å². The maximum absolute atomic E-state index is 10.0. The van der Waals surface area contributed by atoms with Gasteiger partial charge in [0, 0.05) is 6.04 Å². The van der Waals surface area contributed by atoms with Crippen LogP contribution in [0.4, 0.5) is 0 Å². The fourth-order valence-electron chi connectivity index (χ4n) is 1.72. The Balaban J connectivity index is 2.67. The van der Waals surface area contributed by atoms with Crippen molar-refractivity contribution in [1.82, 2.24) is 0 Å². The normalized spacial score (nSPS) is 14.9. The minimum atomic E-state index is -0.603. The summed E-state index contributed by atoms with van der Waals surface area (Å²) in [7, 11) is 1.62. The van der Waals surface area contributed by atoms with E-state index in [9.17, 15) is 5.11 Å². The van der Waals surface area contributed by atoms with Gasteiger partial charge in [-0.25, -0.2) is 0 Å². The molecule has 0 aliphatic heterocycles. The Kier molecular flexibility index (Phi) is 4.77. The third kappa shape index (κ3) is 3.51. The molecule has 16 heavy (non-hydrogen) atoms. The Morgan fingerprint density at radius 1 is 1.25 bits per heavy atom. The average Bonchev–Trinajstić information content (AvgIpc) is 2.27. The number of rotatable bonds is 5. The van der Waals surface area contributed by atoms with E-state index in [1.54, 1.807) is 7.11 Å². The molecule has 0 aromatic heterocycles. The van der Waals surface area contributed by atoms with Crippen molar-refractivity contribution in [2.75, 3.05) is 7.11 Å². The first-order chi connectivity index (χ1) is 7.54. The zero-order valence-corrected chi connectivity index (χ0v) is 10.2. The minimum Gasteiger partial charge on any atom is -0.497 e. The molecule has 0 radical (unpaired) electrons. The number of benzene rings is 1. The first-order valence-corrected chi connectivity index (χ1v) is 5.62. The molecular formula is C13H21NO2. The van der Waals surface area contributed by atoms with Gasteiger partial charge in [-0.1, -0.05) is 26.0 Å². The molecule has 3 N–H and O–H groups in total. The topological polar surface area (TPSA) is 55.5 Å². The van der Waals surface area contributed by atoms with Gasteiger partial charge in [0.2, 0.25) is 0 Å². The summed E-state index contributed by atoms with van der Waals surface area (Å²) >= 11 is 0. The Morgan fingerprint density at radius 3 is 2.25 bits per heavy atom. The minimum absolute atomic E-state index is 0.214. The second-order valence-corrected chi connectivity index (χ2v) is 4.51. The molecule has 0 aliphatic rings. The van der Waals surface area contributed by atoms with E-state index < -0.39 is 6.10 Å². The van der Waals surface area contributed by atoms with Crippen molar-refractivity contribution < 1.29 is 9.84 Å². The summed E-state index contributed by atoms with van der Waals surface area (Å²) in [5, 5.41) is 10.0. The lowest BCUT2D eigenvalue weighted by atomic mass is 9.95. The SMILES string of the molecule is COc1ccc(C(O)C(N)CC(C)C)cc1. The van der Waals surface area contributed by atoms with Gasteiger partial charge in [0.05, 0.1) is 13.2 Å². The highest BCUT2D eigenvalue weighted by Crippen LogP contribution is 2.22. The molecule has 0 heterocycles. The molecule has 3 nitrogen and oxygen atoms in total. The number of methoxy groups -OCH3 is 1. The summed E-state index contributed by atoms with van der Waals surface area (Å²) in [5.74, 6) is 1.27. The Hall–Kier alpha value is -1.06. The molecule has 2 atom stereocenters. The van der Waals surface area contributed by atoms with E-state index in [-0.39, 0.29) is 6.04 Å². The zero-order chi connectivity index (χ0) is 12.1. The summed E-state index contributed by atoms with van der Waals surface area (Å²) in [6, 6.07) is 7.16. The molecule has 3 heteroatoms. The van der Waals surface area contributed by atoms with E-state index in [0.29, 0.717) is 5.92 Å². The van der Waals surface area contributed by atoms with Gasteiger partial charge in [0.1, 0.15) is 5.75 Å². The number of hydrogen-bond acceptors (Lipinski definition) is 3. The highest BCUT2D eigenvalue weighted by atomic mass is 16.5. The number of aliphatic hydroxyl groups is 1. The van der Waals surface area contributed by atoms with Crippen molar-refractivity contribution in [3.05, 3.63) is 29.8 Å². The highest BCUT2D eigenvalue weighted by molar-refractivity contribution is 5.29. The van der Waals surface area contributed by atoms with Gasteiger partial charge in [-0.15, -0.1) is 0 Å². The molecule has 0 fully saturated rings. The molecule has 1 aromatic rings. The molecule has 0 saturated carbocycles. The number of hydrogen-bond donors (Lipinski definition) is 2. The summed E-state index contributed by atoms with van der Waals surface area (Å²) in [6.07, 6.45) is 0.209. The molecule has 1 aromatic carbocycles. The van der Waals surface area contributed by atoms with Crippen LogP contribution in [0.2, 0.25) is 0 Å². The summed E-state index contributed by atoms with van der Waals surface area (Å²) in [4.78, 5) is 0. The predicted octanol–water partition coefficient (Wildman–Crippen LogP) is 2.10. The molecule has 1 rings (SSSR count). The maximum Gasteiger partial charge on any atom is 0.118 e. The van der Waals surface area contributed by atoms with Crippen LogP contribution in [-0.4, -0.2) is 18.3 Å². The van der Waals surface area contributed by atoms with E-state index in [1.807, 2.05) is 24.3 Å². The van der Waals surface area contributed by atoms with Gasteiger partial charge in [0.25, 0.3) is 0 Å². The van der Waals surface area contributed by atoms with Crippen molar-refractivity contribution in [3.8, 4) is 5.75 Å². The second-order valence-electron chi connectivity index (χ2n) is 4.51. The number of ether oxygens (including phenoxy) is 1. The molecule has 2 unspecified atom stereocenters. The molecule has 0 amide bonds. The van der Waals surface area contributed by atoms with Crippen molar-refractivity contribution >= 4 is 0 Å². The summed E-state index contributed by atoms with van der Waals surface area (Å²) in [5.41, 5.74) is 6.78. The standard InChI is InChI=1S/C13H21NO2/c1-9(2)8-12(14)13(15)10-4-6-11(16-3)7-5-10/h4-7,9,12-13,15H,8,14H2,1-3H3. The van der Waals surface area contributed by atoms with E-state index >= 15 is 0 Å². The van der Waals surface area contributed by atoms with E-state index in [0.717, 1.165) is 17.7 Å². The van der Waals surface area contributed by atoms with Crippen LogP contribution in [0.25, 0.3) is 0 Å². The lowest BCUT2D eigenvalue weighted by molar-refractivity contribution is 0.136. The quantitative estimate of drug-likeness (QED) is 0.803. The number of aliphatic hydroxyl groups excluding tert-OH is 1. The van der Waals surface area contributed by atoms with Gasteiger partial charge < -0.3 is 15.6 Å². The number of nitrogens with two attached hydrogens (primary N) is 1. The van der Waals surface area contributed by atoms with Crippen LogP contribution >= 0.6 is 0 Å². The largest absolute Gasteiger partial charge is 0.497 e. The summed E-state index contributed by atoms with van der Waals surface area (Å²) in [6.45, 7) is 4.20. The van der Waals surface area contributed by atoms with Crippen molar-refractivity contribution in [2.24, 2.45) is 11.7 Å². The van der Waals surface area contributed by atoms with Gasteiger partial charge in [0.15, 0.2) is 0 Å². The fourth-order valence-corrected chi connectivity index (χ4v) is 1.72. The molecule has 0 bridgehead atoms. The Morgan fingerprint density at radius 2 is 1.81 bits per heavy atom. The van der Waals surface area contributed by atoms with E-state index in [4.69, 9.17) is 10.5 Å². The smallest absolute Gasteiger partial charge is 0.118 e. The molecule has 0 saturated heterocycles. The van der Waals surface area contributed by atoms with Crippen molar-refractivity contribution in [2.45, 2.75) is 32.4 Å². The van der Waals surface area contributed by atoms with Crippen LogP contribution < -0.4 is 10.5 Å². The summed E-state index contributed by atoms with van der Waals surface area (Å²) < 4.78 is 5.06. The van der Waals surface area contributed by atoms with E-state index in [1.165, 1.54) is 0 Å².